The van der Waals surface area contributed by atoms with E-state index in [-0.39, 0.29) is 32.2 Å². The second-order valence-corrected chi connectivity index (χ2v) is 7.17. The van der Waals surface area contributed by atoms with Crippen LogP contribution in [0, 0.1) is 17.6 Å². The summed E-state index contributed by atoms with van der Waals surface area (Å²) in [5, 5.41) is 9.97. The van der Waals surface area contributed by atoms with Gasteiger partial charge in [0, 0.05) is 11.0 Å². The highest BCUT2D eigenvalue weighted by molar-refractivity contribution is 9.10. The van der Waals surface area contributed by atoms with Crippen LogP contribution in [0.2, 0.25) is 0 Å². The molecular formula is C17H25BrClF2NO3. The van der Waals surface area contributed by atoms with E-state index < -0.39 is 23.5 Å². The van der Waals surface area contributed by atoms with E-state index in [0.717, 1.165) is 44.0 Å². The van der Waals surface area contributed by atoms with E-state index in [0.29, 0.717) is 11.0 Å². The third-order valence-electron chi connectivity index (χ3n) is 4.09. The predicted octanol–water partition coefficient (Wildman–Crippen LogP) is 3.64. The Bertz CT molecular complexity index is 508. The van der Waals surface area contributed by atoms with E-state index in [4.69, 9.17) is 9.47 Å². The maximum absolute atomic E-state index is 13.6. The van der Waals surface area contributed by atoms with Crippen molar-refractivity contribution in [1.29, 1.82) is 0 Å². The second kappa shape index (κ2) is 11.3. The monoisotopic (exact) mass is 443 g/mol. The first-order valence-electron chi connectivity index (χ1n) is 8.21. The van der Waals surface area contributed by atoms with E-state index in [1.165, 1.54) is 0 Å². The minimum absolute atomic E-state index is 0. The lowest BCUT2D eigenvalue weighted by Gasteiger charge is -2.31. The molecule has 8 heteroatoms. The van der Waals surface area contributed by atoms with Crippen LogP contribution in [-0.2, 0) is 4.74 Å². The molecule has 1 aromatic rings. The van der Waals surface area contributed by atoms with Crippen LogP contribution in [0.4, 0.5) is 8.78 Å². The summed E-state index contributed by atoms with van der Waals surface area (Å²) in [6.45, 7) is 5.19. The van der Waals surface area contributed by atoms with Gasteiger partial charge in [0.15, 0.2) is 17.4 Å². The summed E-state index contributed by atoms with van der Waals surface area (Å²) >= 11 is 3.01. The molecule has 1 saturated heterocycles. The highest BCUT2D eigenvalue weighted by atomic mass is 79.9. The zero-order valence-corrected chi connectivity index (χ0v) is 16.6. The van der Waals surface area contributed by atoms with Crippen molar-refractivity contribution in [2.45, 2.75) is 25.9 Å². The third kappa shape index (κ3) is 7.74. The molecule has 0 radical (unpaired) electrons. The molecule has 4 nitrogen and oxygen atoms in total. The summed E-state index contributed by atoms with van der Waals surface area (Å²) in [7, 11) is 0. The zero-order valence-electron chi connectivity index (χ0n) is 14.2. The van der Waals surface area contributed by atoms with Gasteiger partial charge in [0.2, 0.25) is 0 Å². The number of rotatable bonds is 8. The first-order valence-corrected chi connectivity index (χ1v) is 9.00. The number of hydrogen-bond acceptors (Lipinski definition) is 4. The lowest BCUT2D eigenvalue weighted by atomic mass is 9.99. The summed E-state index contributed by atoms with van der Waals surface area (Å²) in [5.74, 6) is -1.18. The molecule has 0 amide bonds. The van der Waals surface area contributed by atoms with Gasteiger partial charge in [0.25, 0.3) is 0 Å². The summed E-state index contributed by atoms with van der Waals surface area (Å²) < 4.78 is 37.8. The number of hydrogen-bond donors (Lipinski definition) is 1. The van der Waals surface area contributed by atoms with Crippen LogP contribution >= 0.6 is 28.3 Å². The molecule has 1 N–H and O–H groups in total. The number of benzene rings is 1. The molecule has 25 heavy (non-hydrogen) atoms. The SMILES string of the molecule is CC1CCN(CC(O)COCCOc2c(F)cc(Br)cc2F)CC1.Cl. The third-order valence-corrected chi connectivity index (χ3v) is 4.55. The van der Waals surface area contributed by atoms with Crippen LogP contribution in [0.15, 0.2) is 16.6 Å². The molecule has 1 fully saturated rings. The van der Waals surface area contributed by atoms with E-state index in [9.17, 15) is 13.9 Å². The average molecular weight is 445 g/mol. The van der Waals surface area contributed by atoms with Gasteiger partial charge in [-0.05, 0) is 44.0 Å². The van der Waals surface area contributed by atoms with Crippen molar-refractivity contribution in [1.82, 2.24) is 4.90 Å². The van der Waals surface area contributed by atoms with E-state index >= 15 is 0 Å². The number of aliphatic hydroxyl groups excluding tert-OH is 1. The van der Waals surface area contributed by atoms with E-state index in [2.05, 4.69) is 27.8 Å². The highest BCUT2D eigenvalue weighted by Crippen LogP contribution is 2.25. The lowest BCUT2D eigenvalue weighted by molar-refractivity contribution is 0.00276. The molecule has 0 bridgehead atoms. The van der Waals surface area contributed by atoms with Crippen LogP contribution in [-0.4, -0.2) is 55.6 Å². The van der Waals surface area contributed by atoms with Crippen molar-refractivity contribution in [3.63, 3.8) is 0 Å². The summed E-state index contributed by atoms with van der Waals surface area (Å²) in [4.78, 5) is 2.23. The fourth-order valence-electron chi connectivity index (χ4n) is 2.68. The number of aliphatic hydroxyl groups is 1. The Labute approximate surface area is 162 Å². The molecule has 0 aromatic heterocycles. The molecular weight excluding hydrogens is 420 g/mol. The fourth-order valence-corrected chi connectivity index (χ4v) is 3.09. The summed E-state index contributed by atoms with van der Waals surface area (Å²) in [5.41, 5.74) is 0. The Balaban J connectivity index is 0.00000312. The van der Waals surface area contributed by atoms with Crippen molar-refractivity contribution < 1.29 is 23.4 Å². The normalized spacial score (nSPS) is 17.2. The molecule has 1 aliphatic heterocycles. The Morgan fingerprint density at radius 3 is 2.44 bits per heavy atom. The molecule has 0 aliphatic carbocycles. The van der Waals surface area contributed by atoms with Gasteiger partial charge < -0.3 is 19.5 Å². The number of halogens is 4. The summed E-state index contributed by atoms with van der Waals surface area (Å²) in [6, 6.07) is 2.28. The molecule has 1 aromatic carbocycles. The van der Waals surface area contributed by atoms with Crippen molar-refractivity contribution in [2.75, 3.05) is 39.5 Å². The molecule has 0 saturated carbocycles. The second-order valence-electron chi connectivity index (χ2n) is 6.26. The number of ether oxygens (including phenoxy) is 2. The maximum Gasteiger partial charge on any atom is 0.190 e. The highest BCUT2D eigenvalue weighted by Gasteiger charge is 2.18. The Morgan fingerprint density at radius 1 is 1.24 bits per heavy atom. The topological polar surface area (TPSA) is 41.9 Å². The van der Waals surface area contributed by atoms with E-state index in [1.807, 2.05) is 0 Å². The molecule has 144 valence electrons. The number of likely N-dealkylation sites (tertiary alicyclic amines) is 1. The average Bonchev–Trinajstić information content (AvgIpc) is 2.51. The lowest BCUT2D eigenvalue weighted by Crippen LogP contribution is -2.40. The smallest absolute Gasteiger partial charge is 0.190 e. The molecule has 1 unspecified atom stereocenters. The Morgan fingerprint density at radius 2 is 1.84 bits per heavy atom. The van der Waals surface area contributed by atoms with Crippen LogP contribution in [0.25, 0.3) is 0 Å². The number of piperidine rings is 1. The van der Waals surface area contributed by atoms with Gasteiger partial charge in [-0.15, -0.1) is 12.4 Å². The largest absolute Gasteiger partial charge is 0.485 e. The van der Waals surface area contributed by atoms with E-state index in [1.54, 1.807) is 0 Å². The van der Waals surface area contributed by atoms with Gasteiger partial charge in [0.05, 0.1) is 19.3 Å². The molecule has 1 atom stereocenters. The van der Waals surface area contributed by atoms with Crippen LogP contribution in [0.3, 0.4) is 0 Å². The van der Waals surface area contributed by atoms with Crippen molar-refractivity contribution in [2.24, 2.45) is 5.92 Å². The van der Waals surface area contributed by atoms with Gasteiger partial charge in [-0.3, -0.25) is 0 Å². The molecule has 1 aliphatic rings. The van der Waals surface area contributed by atoms with Crippen molar-refractivity contribution in [3.05, 3.63) is 28.2 Å². The summed E-state index contributed by atoms with van der Waals surface area (Å²) in [6.07, 6.45) is 1.75. The van der Waals surface area contributed by atoms with Crippen LogP contribution < -0.4 is 4.74 Å². The fraction of sp³-hybridized carbons (Fsp3) is 0.647. The molecule has 2 rings (SSSR count). The molecule has 1 heterocycles. The first-order chi connectivity index (χ1) is 11.5. The number of β-amino-alcohol motifs (C(OH)–C–C–N with tert-alkyl or cyclic N) is 1. The Kier molecular flexibility index (Phi) is 10.2. The van der Waals surface area contributed by atoms with Gasteiger partial charge in [-0.2, -0.15) is 0 Å². The minimum Gasteiger partial charge on any atom is -0.485 e. The van der Waals surface area contributed by atoms with Crippen molar-refractivity contribution >= 4 is 28.3 Å². The van der Waals surface area contributed by atoms with Crippen LogP contribution in [0.5, 0.6) is 5.75 Å². The quantitative estimate of drug-likeness (QED) is 0.622. The van der Waals surface area contributed by atoms with Crippen molar-refractivity contribution in [3.8, 4) is 5.75 Å². The maximum atomic E-state index is 13.6. The standard InChI is InChI=1S/C17H24BrF2NO3.ClH/c1-12-2-4-21(5-3-12)10-14(22)11-23-6-7-24-17-15(19)8-13(18)9-16(17)20;/h8-9,12,14,22H,2-7,10-11H2,1H3;1H. The first kappa shape index (κ1) is 22.6. The van der Waals surface area contributed by atoms with Gasteiger partial charge in [0.1, 0.15) is 6.61 Å². The minimum atomic E-state index is -0.763. The van der Waals surface area contributed by atoms with Gasteiger partial charge in [-0.25, -0.2) is 8.78 Å². The predicted molar refractivity (Wildman–Crippen MR) is 98.5 cm³/mol. The zero-order chi connectivity index (χ0) is 17.5. The Hall–Kier alpha value is -0.470. The van der Waals surface area contributed by atoms with Crippen LogP contribution in [0.1, 0.15) is 19.8 Å². The number of nitrogens with zero attached hydrogens (tertiary/aromatic N) is 1. The molecule has 0 spiro atoms. The van der Waals surface area contributed by atoms with Gasteiger partial charge in [-0.1, -0.05) is 22.9 Å². The van der Waals surface area contributed by atoms with Gasteiger partial charge >= 0.3 is 0 Å².